The third-order valence-corrected chi connectivity index (χ3v) is 6.18. The quantitative estimate of drug-likeness (QED) is 0.727. The minimum absolute atomic E-state index is 0.0583. The number of amides is 2. The molecule has 0 bridgehead atoms. The predicted octanol–water partition coefficient (Wildman–Crippen LogP) is 2.66. The van der Waals surface area contributed by atoms with E-state index in [0.29, 0.717) is 13.1 Å². The second-order valence-electron chi connectivity index (χ2n) is 6.81. The standard InChI is InChI=1S/C20H20N2O5S/c23-19(21-7-9-22(10-8-21)20(24)25)13-28(26)12-14-5-6-18-16(11-14)15-3-1-2-4-17(15)27-18/h1-6,11H,7-10,12-13H2,(H,24,25). The number of hydrogen-bond donors (Lipinski definition) is 1. The molecule has 7 nitrogen and oxygen atoms in total. The monoisotopic (exact) mass is 400 g/mol. The Labute approximate surface area is 164 Å². The number of piperazine rings is 1. The number of hydrogen-bond acceptors (Lipinski definition) is 4. The second-order valence-corrected chi connectivity index (χ2v) is 8.26. The molecule has 2 heterocycles. The molecule has 8 heteroatoms. The summed E-state index contributed by atoms with van der Waals surface area (Å²) in [4.78, 5) is 26.2. The van der Waals surface area contributed by atoms with Gasteiger partial charge < -0.3 is 19.3 Å². The molecule has 2 aromatic carbocycles. The Morgan fingerprint density at radius 1 is 0.964 bits per heavy atom. The lowest BCUT2D eigenvalue weighted by atomic mass is 10.1. The molecule has 1 aliphatic rings. The lowest BCUT2D eigenvalue weighted by Crippen LogP contribution is -2.51. The van der Waals surface area contributed by atoms with E-state index in [1.54, 1.807) is 4.90 Å². The lowest BCUT2D eigenvalue weighted by Gasteiger charge is -2.33. The molecule has 1 unspecified atom stereocenters. The Hall–Kier alpha value is -2.87. The molecular formula is C20H20N2O5S. The molecular weight excluding hydrogens is 380 g/mol. The fourth-order valence-electron chi connectivity index (χ4n) is 3.48. The van der Waals surface area contributed by atoms with Crippen LogP contribution in [-0.2, 0) is 21.3 Å². The van der Waals surface area contributed by atoms with Crippen molar-refractivity contribution >= 4 is 44.7 Å². The molecule has 1 atom stereocenters. The van der Waals surface area contributed by atoms with Gasteiger partial charge in [0, 0.05) is 53.5 Å². The molecule has 0 spiro atoms. The smallest absolute Gasteiger partial charge is 0.407 e. The van der Waals surface area contributed by atoms with E-state index in [1.807, 2.05) is 42.5 Å². The van der Waals surface area contributed by atoms with E-state index >= 15 is 0 Å². The average Bonchev–Trinajstić information content (AvgIpc) is 3.06. The minimum atomic E-state index is -1.34. The topological polar surface area (TPSA) is 91.1 Å². The van der Waals surface area contributed by atoms with Gasteiger partial charge in [-0.1, -0.05) is 24.3 Å². The Kier molecular flexibility index (Phi) is 5.04. The molecule has 0 radical (unpaired) electrons. The number of para-hydroxylation sites is 1. The number of rotatable bonds is 4. The van der Waals surface area contributed by atoms with E-state index in [2.05, 4.69) is 0 Å². The largest absolute Gasteiger partial charge is 0.465 e. The van der Waals surface area contributed by atoms with Crippen molar-refractivity contribution in [3.05, 3.63) is 48.0 Å². The van der Waals surface area contributed by atoms with Gasteiger partial charge in [0.1, 0.15) is 16.9 Å². The summed E-state index contributed by atoms with van der Waals surface area (Å²) in [6.07, 6.45) is -0.974. The second kappa shape index (κ2) is 7.63. The minimum Gasteiger partial charge on any atom is -0.465 e. The first kappa shape index (κ1) is 18.5. The molecule has 2 amide bonds. The van der Waals surface area contributed by atoms with Gasteiger partial charge in [0.05, 0.1) is 0 Å². The Bertz CT molecular complexity index is 1070. The first-order valence-electron chi connectivity index (χ1n) is 9.02. The third kappa shape index (κ3) is 3.73. The summed E-state index contributed by atoms with van der Waals surface area (Å²) in [5.74, 6) is 0.0336. The zero-order valence-corrected chi connectivity index (χ0v) is 16.0. The summed E-state index contributed by atoms with van der Waals surface area (Å²) in [5.41, 5.74) is 2.48. The number of carbonyl (C=O) groups is 2. The number of carboxylic acid groups (broad SMARTS) is 1. The fraction of sp³-hybridized carbons (Fsp3) is 0.300. The van der Waals surface area contributed by atoms with Gasteiger partial charge in [0.15, 0.2) is 0 Å². The third-order valence-electron chi connectivity index (χ3n) is 4.96. The number of nitrogens with zero attached hydrogens (tertiary/aromatic N) is 2. The summed E-state index contributed by atoms with van der Waals surface area (Å²) in [6.45, 7) is 1.26. The van der Waals surface area contributed by atoms with Crippen LogP contribution in [-0.4, -0.2) is 63.0 Å². The number of carbonyl (C=O) groups excluding carboxylic acids is 1. The normalized spacial score (nSPS) is 15.9. The summed E-state index contributed by atoms with van der Waals surface area (Å²) < 4.78 is 18.3. The molecule has 0 saturated carbocycles. The fourth-order valence-corrected chi connectivity index (χ4v) is 4.59. The van der Waals surface area contributed by atoms with Gasteiger partial charge in [-0.2, -0.15) is 0 Å². The Morgan fingerprint density at radius 3 is 2.39 bits per heavy atom. The van der Waals surface area contributed by atoms with Crippen LogP contribution in [0.3, 0.4) is 0 Å². The maximum Gasteiger partial charge on any atom is 0.407 e. The van der Waals surface area contributed by atoms with Crippen molar-refractivity contribution in [3.8, 4) is 0 Å². The highest BCUT2D eigenvalue weighted by Gasteiger charge is 2.24. The van der Waals surface area contributed by atoms with E-state index < -0.39 is 16.9 Å². The first-order valence-corrected chi connectivity index (χ1v) is 10.5. The molecule has 3 aromatic rings. The van der Waals surface area contributed by atoms with Crippen LogP contribution in [0.1, 0.15) is 5.56 Å². The first-order chi connectivity index (χ1) is 13.5. The summed E-state index contributed by atoms with van der Waals surface area (Å²) in [7, 11) is -1.34. The van der Waals surface area contributed by atoms with E-state index in [1.165, 1.54) is 4.90 Å². The average molecular weight is 400 g/mol. The molecule has 28 heavy (non-hydrogen) atoms. The molecule has 4 rings (SSSR count). The number of furan rings is 1. The van der Waals surface area contributed by atoms with Crippen molar-refractivity contribution in [1.82, 2.24) is 9.80 Å². The molecule has 1 aliphatic heterocycles. The van der Waals surface area contributed by atoms with Crippen molar-refractivity contribution in [2.24, 2.45) is 0 Å². The van der Waals surface area contributed by atoms with E-state index in [-0.39, 0.29) is 30.5 Å². The highest BCUT2D eigenvalue weighted by Crippen LogP contribution is 2.29. The van der Waals surface area contributed by atoms with Gasteiger partial charge in [-0.25, -0.2) is 4.79 Å². The lowest BCUT2D eigenvalue weighted by molar-refractivity contribution is -0.129. The van der Waals surface area contributed by atoms with Crippen molar-refractivity contribution in [1.29, 1.82) is 0 Å². The molecule has 1 N–H and O–H groups in total. The molecule has 1 fully saturated rings. The van der Waals surface area contributed by atoms with Crippen molar-refractivity contribution in [3.63, 3.8) is 0 Å². The molecule has 1 aromatic heterocycles. The summed E-state index contributed by atoms with van der Waals surface area (Å²) >= 11 is 0. The van der Waals surface area contributed by atoms with Gasteiger partial charge in [-0.15, -0.1) is 0 Å². The van der Waals surface area contributed by atoms with Crippen LogP contribution in [0, 0.1) is 0 Å². The van der Waals surface area contributed by atoms with Crippen molar-refractivity contribution in [2.75, 3.05) is 31.9 Å². The molecule has 0 aliphatic carbocycles. The molecule has 146 valence electrons. The van der Waals surface area contributed by atoms with Crippen LogP contribution in [0.5, 0.6) is 0 Å². The van der Waals surface area contributed by atoms with Crippen LogP contribution < -0.4 is 0 Å². The number of benzene rings is 2. The predicted molar refractivity (Wildman–Crippen MR) is 107 cm³/mol. The van der Waals surface area contributed by atoms with E-state index in [0.717, 1.165) is 27.5 Å². The maximum atomic E-state index is 12.5. The van der Waals surface area contributed by atoms with Crippen molar-refractivity contribution in [2.45, 2.75) is 5.75 Å². The van der Waals surface area contributed by atoms with Crippen LogP contribution in [0.4, 0.5) is 4.79 Å². The summed E-state index contributed by atoms with van der Waals surface area (Å²) in [5, 5.41) is 11.0. The van der Waals surface area contributed by atoms with E-state index in [4.69, 9.17) is 9.52 Å². The van der Waals surface area contributed by atoms with Crippen molar-refractivity contribution < 1.29 is 23.3 Å². The highest BCUT2D eigenvalue weighted by atomic mass is 32.2. The van der Waals surface area contributed by atoms with Gasteiger partial charge in [-0.3, -0.25) is 9.00 Å². The van der Waals surface area contributed by atoms with E-state index in [9.17, 15) is 13.8 Å². The zero-order chi connectivity index (χ0) is 19.7. The maximum absolute atomic E-state index is 12.5. The highest BCUT2D eigenvalue weighted by molar-refractivity contribution is 7.84. The van der Waals surface area contributed by atoms with Crippen LogP contribution in [0.25, 0.3) is 21.9 Å². The van der Waals surface area contributed by atoms with Gasteiger partial charge in [0.25, 0.3) is 0 Å². The SMILES string of the molecule is O=C(O)N1CCN(C(=O)CS(=O)Cc2ccc3oc4ccccc4c3c2)CC1. The molecule has 1 saturated heterocycles. The van der Waals surface area contributed by atoms with Crippen LogP contribution in [0.2, 0.25) is 0 Å². The Morgan fingerprint density at radius 2 is 1.64 bits per heavy atom. The summed E-state index contributed by atoms with van der Waals surface area (Å²) in [6, 6.07) is 13.5. The number of fused-ring (bicyclic) bond motifs is 3. The zero-order valence-electron chi connectivity index (χ0n) is 15.2. The van der Waals surface area contributed by atoms with Crippen LogP contribution in [0.15, 0.2) is 46.9 Å². The Balaban J connectivity index is 1.40. The van der Waals surface area contributed by atoms with Gasteiger partial charge in [-0.05, 0) is 23.8 Å². The van der Waals surface area contributed by atoms with Gasteiger partial charge >= 0.3 is 6.09 Å². The van der Waals surface area contributed by atoms with Crippen LogP contribution >= 0.6 is 0 Å². The van der Waals surface area contributed by atoms with Gasteiger partial charge in [0.2, 0.25) is 5.91 Å².